The van der Waals surface area contributed by atoms with Crippen LogP contribution in [0.15, 0.2) is 30.3 Å². The van der Waals surface area contributed by atoms with Gasteiger partial charge in [-0.15, -0.1) is 0 Å². The molecule has 2 nitrogen and oxygen atoms in total. The van der Waals surface area contributed by atoms with E-state index in [0.717, 1.165) is 12.5 Å². The first-order valence-electron chi connectivity index (χ1n) is 5.88. The molecule has 1 saturated carbocycles. The van der Waals surface area contributed by atoms with Crippen LogP contribution in [0.3, 0.4) is 0 Å². The Hall–Kier alpha value is -0.860. The number of likely N-dealkylation sites (tertiary alicyclic amines) is 1. The van der Waals surface area contributed by atoms with Crippen molar-refractivity contribution in [2.24, 2.45) is 11.7 Å². The molecule has 1 heterocycles. The summed E-state index contributed by atoms with van der Waals surface area (Å²) in [7, 11) is 0. The van der Waals surface area contributed by atoms with Gasteiger partial charge in [0.25, 0.3) is 0 Å². The summed E-state index contributed by atoms with van der Waals surface area (Å²) >= 11 is 0. The fourth-order valence-corrected chi connectivity index (χ4v) is 3.16. The standard InChI is InChI=1S/C13H18N2/c14-13-11-6-7-12(13)15(9-11)8-10-4-2-1-3-5-10/h1-5,11-13H,6-9,14H2/t11-,12-,13-/m1/s1. The Morgan fingerprint density at radius 1 is 1.20 bits per heavy atom. The molecular formula is C13H18N2. The van der Waals surface area contributed by atoms with E-state index in [-0.39, 0.29) is 0 Å². The molecule has 2 N–H and O–H groups in total. The Balaban J connectivity index is 1.71. The van der Waals surface area contributed by atoms with Crippen molar-refractivity contribution >= 4 is 0 Å². The van der Waals surface area contributed by atoms with Crippen molar-refractivity contribution in [3.63, 3.8) is 0 Å². The average molecular weight is 202 g/mol. The zero-order valence-corrected chi connectivity index (χ0v) is 8.97. The minimum absolute atomic E-state index is 0.439. The van der Waals surface area contributed by atoms with E-state index in [1.54, 1.807) is 0 Å². The Labute approximate surface area is 91.1 Å². The Morgan fingerprint density at radius 2 is 2.00 bits per heavy atom. The number of hydrogen-bond acceptors (Lipinski definition) is 2. The third-order valence-electron chi connectivity index (χ3n) is 3.99. The van der Waals surface area contributed by atoms with E-state index < -0.39 is 0 Å². The molecule has 0 amide bonds. The van der Waals surface area contributed by atoms with Crippen LogP contribution < -0.4 is 5.73 Å². The molecule has 0 radical (unpaired) electrons. The van der Waals surface area contributed by atoms with Crippen LogP contribution in [0.4, 0.5) is 0 Å². The normalized spacial score (nSPS) is 34.9. The second-order valence-corrected chi connectivity index (χ2v) is 4.90. The molecule has 2 fully saturated rings. The lowest BCUT2D eigenvalue weighted by atomic mass is 10.1. The monoisotopic (exact) mass is 202 g/mol. The number of hydrogen-bond donors (Lipinski definition) is 1. The molecule has 1 aromatic rings. The smallest absolute Gasteiger partial charge is 0.0254 e. The summed E-state index contributed by atoms with van der Waals surface area (Å²) < 4.78 is 0. The minimum Gasteiger partial charge on any atom is -0.326 e. The quantitative estimate of drug-likeness (QED) is 0.789. The van der Waals surface area contributed by atoms with E-state index in [4.69, 9.17) is 5.73 Å². The van der Waals surface area contributed by atoms with Gasteiger partial charge in [0.2, 0.25) is 0 Å². The molecule has 1 aliphatic heterocycles. The molecule has 15 heavy (non-hydrogen) atoms. The van der Waals surface area contributed by atoms with Gasteiger partial charge in [0.05, 0.1) is 0 Å². The predicted octanol–water partition coefficient (Wildman–Crippen LogP) is 1.61. The maximum atomic E-state index is 6.19. The van der Waals surface area contributed by atoms with Gasteiger partial charge in [-0.3, -0.25) is 4.90 Å². The van der Waals surface area contributed by atoms with E-state index in [2.05, 4.69) is 35.2 Å². The molecule has 3 atom stereocenters. The van der Waals surface area contributed by atoms with Crippen molar-refractivity contribution in [1.82, 2.24) is 4.90 Å². The van der Waals surface area contributed by atoms with Crippen LogP contribution in [0.5, 0.6) is 0 Å². The molecule has 1 aliphatic carbocycles. The van der Waals surface area contributed by atoms with Crippen molar-refractivity contribution in [3.05, 3.63) is 35.9 Å². The van der Waals surface area contributed by atoms with Gasteiger partial charge in [0.1, 0.15) is 0 Å². The van der Waals surface area contributed by atoms with Gasteiger partial charge in [-0.2, -0.15) is 0 Å². The van der Waals surface area contributed by atoms with E-state index in [9.17, 15) is 0 Å². The number of nitrogens with zero attached hydrogens (tertiary/aromatic N) is 1. The van der Waals surface area contributed by atoms with Crippen molar-refractivity contribution in [1.29, 1.82) is 0 Å². The van der Waals surface area contributed by atoms with Crippen molar-refractivity contribution in [3.8, 4) is 0 Å². The molecule has 0 spiro atoms. The summed E-state index contributed by atoms with van der Waals surface area (Å²) in [6.45, 7) is 2.29. The van der Waals surface area contributed by atoms with Gasteiger partial charge >= 0.3 is 0 Å². The molecular weight excluding hydrogens is 184 g/mol. The second kappa shape index (κ2) is 3.62. The van der Waals surface area contributed by atoms with Crippen LogP contribution in [-0.2, 0) is 6.54 Å². The zero-order valence-electron chi connectivity index (χ0n) is 8.97. The van der Waals surface area contributed by atoms with Crippen LogP contribution in [0.1, 0.15) is 18.4 Å². The summed E-state index contributed by atoms with van der Waals surface area (Å²) in [5.74, 6) is 0.763. The first kappa shape index (κ1) is 9.37. The summed E-state index contributed by atoms with van der Waals surface area (Å²) in [5.41, 5.74) is 7.60. The van der Waals surface area contributed by atoms with Gasteiger partial charge in [0, 0.05) is 25.2 Å². The predicted molar refractivity (Wildman–Crippen MR) is 61.3 cm³/mol. The number of rotatable bonds is 2. The second-order valence-electron chi connectivity index (χ2n) is 4.90. The van der Waals surface area contributed by atoms with Gasteiger partial charge in [-0.25, -0.2) is 0 Å². The highest BCUT2D eigenvalue weighted by Gasteiger charge is 2.44. The highest BCUT2D eigenvalue weighted by molar-refractivity contribution is 5.16. The van der Waals surface area contributed by atoms with Gasteiger partial charge < -0.3 is 5.73 Å². The Bertz CT molecular complexity index is 336. The van der Waals surface area contributed by atoms with Gasteiger partial charge in [-0.1, -0.05) is 30.3 Å². The van der Waals surface area contributed by atoms with E-state index in [0.29, 0.717) is 12.1 Å². The molecule has 3 rings (SSSR count). The first-order valence-corrected chi connectivity index (χ1v) is 5.88. The third kappa shape index (κ3) is 1.58. The molecule has 1 saturated heterocycles. The van der Waals surface area contributed by atoms with Crippen molar-refractivity contribution in [2.45, 2.75) is 31.5 Å². The Kier molecular flexibility index (Phi) is 2.26. The average Bonchev–Trinajstić information content (AvgIpc) is 2.75. The Morgan fingerprint density at radius 3 is 2.60 bits per heavy atom. The lowest BCUT2D eigenvalue weighted by Gasteiger charge is -2.26. The lowest BCUT2D eigenvalue weighted by molar-refractivity contribution is 0.203. The SMILES string of the molecule is N[C@@H]1[C@@H]2CC[C@H]1N(Cc1ccccc1)C2. The number of piperidine rings is 1. The third-order valence-corrected chi connectivity index (χ3v) is 3.99. The van der Waals surface area contributed by atoms with Crippen molar-refractivity contribution in [2.75, 3.05) is 6.54 Å². The summed E-state index contributed by atoms with van der Waals surface area (Å²) in [6, 6.07) is 11.8. The number of fused-ring (bicyclic) bond motifs is 2. The largest absolute Gasteiger partial charge is 0.326 e. The number of nitrogens with two attached hydrogens (primary N) is 1. The highest BCUT2D eigenvalue weighted by Crippen LogP contribution is 2.37. The first-order chi connectivity index (χ1) is 7.34. The fraction of sp³-hybridized carbons (Fsp3) is 0.538. The maximum absolute atomic E-state index is 6.19. The van der Waals surface area contributed by atoms with Crippen LogP contribution >= 0.6 is 0 Å². The number of benzene rings is 1. The summed E-state index contributed by atoms with van der Waals surface area (Å²) in [4.78, 5) is 2.56. The highest BCUT2D eigenvalue weighted by atomic mass is 15.2. The molecule has 2 heteroatoms. The molecule has 2 bridgehead atoms. The molecule has 2 aliphatic rings. The maximum Gasteiger partial charge on any atom is 0.0254 e. The van der Waals surface area contributed by atoms with Gasteiger partial charge in [-0.05, 0) is 24.3 Å². The van der Waals surface area contributed by atoms with Crippen LogP contribution in [-0.4, -0.2) is 23.5 Å². The van der Waals surface area contributed by atoms with Crippen molar-refractivity contribution < 1.29 is 0 Å². The van der Waals surface area contributed by atoms with Crippen LogP contribution in [0, 0.1) is 5.92 Å². The summed E-state index contributed by atoms with van der Waals surface area (Å²) in [5, 5.41) is 0. The fourth-order valence-electron chi connectivity index (χ4n) is 3.16. The topological polar surface area (TPSA) is 29.3 Å². The van der Waals surface area contributed by atoms with E-state index >= 15 is 0 Å². The zero-order chi connectivity index (χ0) is 10.3. The molecule has 0 unspecified atom stereocenters. The molecule has 0 aromatic heterocycles. The van der Waals surface area contributed by atoms with Gasteiger partial charge in [0.15, 0.2) is 0 Å². The minimum atomic E-state index is 0.439. The lowest BCUT2D eigenvalue weighted by Crippen LogP contribution is -2.37. The molecule has 80 valence electrons. The van der Waals surface area contributed by atoms with E-state index in [1.807, 2.05) is 0 Å². The summed E-state index contributed by atoms with van der Waals surface area (Å²) in [6.07, 6.45) is 2.65. The van der Waals surface area contributed by atoms with E-state index in [1.165, 1.54) is 24.9 Å². The van der Waals surface area contributed by atoms with Crippen LogP contribution in [0.25, 0.3) is 0 Å². The van der Waals surface area contributed by atoms with Crippen LogP contribution in [0.2, 0.25) is 0 Å². The molecule has 1 aromatic carbocycles.